The van der Waals surface area contributed by atoms with Crippen LogP contribution < -0.4 is 11.3 Å². The number of nitrogens with zero attached hydrogens (tertiary/aromatic N) is 1. The highest BCUT2D eigenvalue weighted by molar-refractivity contribution is 5.84. The lowest BCUT2D eigenvalue weighted by molar-refractivity contribution is 0.343. The van der Waals surface area contributed by atoms with Gasteiger partial charge in [0.2, 0.25) is 0 Å². The van der Waals surface area contributed by atoms with E-state index in [1.807, 2.05) is 30.3 Å². The van der Waals surface area contributed by atoms with E-state index in [-0.39, 0.29) is 0 Å². The maximum absolute atomic E-state index is 5.56. The molecule has 0 spiro atoms. The molecular formula is C15H23N3. The van der Waals surface area contributed by atoms with Crippen molar-refractivity contribution in [2.75, 3.05) is 0 Å². The van der Waals surface area contributed by atoms with Crippen LogP contribution in [0.4, 0.5) is 5.69 Å². The first kappa shape index (κ1) is 13.1. The number of nitrogens with two attached hydrogens (primary N) is 1. The first-order valence-electron chi connectivity index (χ1n) is 6.97. The van der Waals surface area contributed by atoms with Gasteiger partial charge < -0.3 is 5.43 Å². The minimum Gasteiger partial charge on any atom is -0.312 e. The smallest absolute Gasteiger partial charge is 0.116 e. The number of nitrogens with one attached hydrogen (secondary N) is 1. The molecule has 3 N–H and O–H groups in total. The quantitative estimate of drug-likeness (QED) is 0.369. The molecule has 1 aliphatic carbocycles. The first-order valence-corrected chi connectivity index (χ1v) is 6.97. The van der Waals surface area contributed by atoms with E-state index in [0.717, 1.165) is 23.9 Å². The van der Waals surface area contributed by atoms with Crippen LogP contribution in [0, 0.1) is 5.92 Å². The van der Waals surface area contributed by atoms with Gasteiger partial charge in [0.1, 0.15) is 5.84 Å². The summed E-state index contributed by atoms with van der Waals surface area (Å²) in [6.07, 6.45) is 9.12. The molecule has 18 heavy (non-hydrogen) atoms. The van der Waals surface area contributed by atoms with Crippen LogP contribution in [0.1, 0.15) is 44.9 Å². The normalized spacial score (nSPS) is 17.7. The first-order chi connectivity index (χ1) is 8.88. The van der Waals surface area contributed by atoms with E-state index in [4.69, 9.17) is 5.84 Å². The molecule has 0 unspecified atom stereocenters. The van der Waals surface area contributed by atoms with Crippen LogP contribution in [-0.4, -0.2) is 5.84 Å². The summed E-state index contributed by atoms with van der Waals surface area (Å²) >= 11 is 0. The van der Waals surface area contributed by atoms with Gasteiger partial charge in [-0.2, -0.15) is 0 Å². The third-order valence-corrected chi connectivity index (χ3v) is 3.70. The molecule has 1 aromatic rings. The third kappa shape index (κ3) is 4.15. The standard InChI is InChI=1S/C15H23N3/c16-18-15(17-14-9-5-2-6-10-14)12-11-13-7-3-1-4-8-13/h2,5-6,9-10,13H,1,3-4,7-8,11-12,16H2,(H,17,18). The summed E-state index contributed by atoms with van der Waals surface area (Å²) in [5, 5.41) is 0. The summed E-state index contributed by atoms with van der Waals surface area (Å²) in [6.45, 7) is 0. The number of rotatable bonds is 4. The molecular weight excluding hydrogens is 222 g/mol. The number of hydrogen-bond donors (Lipinski definition) is 2. The van der Waals surface area contributed by atoms with E-state index in [2.05, 4.69) is 10.4 Å². The van der Waals surface area contributed by atoms with Crippen LogP contribution in [0.15, 0.2) is 35.3 Å². The Morgan fingerprint density at radius 3 is 2.56 bits per heavy atom. The molecule has 98 valence electrons. The Morgan fingerprint density at radius 2 is 1.89 bits per heavy atom. The monoisotopic (exact) mass is 245 g/mol. The minimum atomic E-state index is 0.869. The largest absolute Gasteiger partial charge is 0.312 e. The van der Waals surface area contributed by atoms with Gasteiger partial charge in [-0.15, -0.1) is 0 Å². The van der Waals surface area contributed by atoms with Crippen molar-refractivity contribution in [3.05, 3.63) is 30.3 Å². The lowest BCUT2D eigenvalue weighted by Gasteiger charge is -2.21. The number of hydrazine groups is 1. The third-order valence-electron chi connectivity index (χ3n) is 3.70. The number of amidine groups is 1. The number of aliphatic imine (C=N–C) groups is 1. The van der Waals surface area contributed by atoms with E-state index in [1.54, 1.807) is 0 Å². The van der Waals surface area contributed by atoms with E-state index in [0.29, 0.717) is 0 Å². The zero-order chi connectivity index (χ0) is 12.6. The molecule has 0 atom stereocenters. The fourth-order valence-corrected chi connectivity index (χ4v) is 2.64. The lowest BCUT2D eigenvalue weighted by atomic mass is 9.86. The average molecular weight is 245 g/mol. The second-order valence-corrected chi connectivity index (χ2v) is 5.08. The van der Waals surface area contributed by atoms with Crippen molar-refractivity contribution >= 4 is 11.5 Å². The zero-order valence-corrected chi connectivity index (χ0v) is 10.9. The van der Waals surface area contributed by atoms with Crippen LogP contribution in [0.25, 0.3) is 0 Å². The second kappa shape index (κ2) is 7.17. The summed E-state index contributed by atoms with van der Waals surface area (Å²) in [5.74, 6) is 7.32. The summed E-state index contributed by atoms with van der Waals surface area (Å²) in [5.41, 5.74) is 3.71. The minimum absolute atomic E-state index is 0.869. The summed E-state index contributed by atoms with van der Waals surface area (Å²) < 4.78 is 0. The molecule has 1 aromatic carbocycles. The summed E-state index contributed by atoms with van der Waals surface area (Å²) in [7, 11) is 0. The Balaban J connectivity index is 1.87. The molecule has 0 bridgehead atoms. The Bertz CT molecular complexity index is 367. The molecule has 0 radical (unpaired) electrons. The van der Waals surface area contributed by atoms with Crippen LogP contribution in [0.2, 0.25) is 0 Å². The van der Waals surface area contributed by atoms with Crippen LogP contribution in [0.3, 0.4) is 0 Å². The number of hydrogen-bond acceptors (Lipinski definition) is 2. The molecule has 0 aliphatic heterocycles. The van der Waals surface area contributed by atoms with Crippen molar-refractivity contribution in [2.45, 2.75) is 44.9 Å². The highest BCUT2D eigenvalue weighted by atomic mass is 15.2. The summed E-state index contributed by atoms with van der Waals surface area (Å²) in [6, 6.07) is 9.98. The fourth-order valence-electron chi connectivity index (χ4n) is 2.64. The highest BCUT2D eigenvalue weighted by Gasteiger charge is 2.13. The Labute approximate surface area is 109 Å². The molecule has 3 heteroatoms. The molecule has 2 rings (SSSR count). The molecule has 1 saturated carbocycles. The van der Waals surface area contributed by atoms with Gasteiger partial charge in [-0.3, -0.25) is 0 Å². The van der Waals surface area contributed by atoms with E-state index < -0.39 is 0 Å². The predicted molar refractivity (Wildman–Crippen MR) is 76.7 cm³/mol. The Kier molecular flexibility index (Phi) is 5.21. The van der Waals surface area contributed by atoms with E-state index in [1.165, 1.54) is 38.5 Å². The summed E-state index contributed by atoms with van der Waals surface area (Å²) in [4.78, 5) is 4.54. The van der Waals surface area contributed by atoms with Crippen LogP contribution in [-0.2, 0) is 0 Å². The molecule has 0 heterocycles. The van der Waals surface area contributed by atoms with Crippen molar-refractivity contribution in [3.63, 3.8) is 0 Å². The molecule has 1 fully saturated rings. The molecule has 0 aromatic heterocycles. The van der Waals surface area contributed by atoms with Crippen molar-refractivity contribution in [2.24, 2.45) is 16.8 Å². The van der Waals surface area contributed by atoms with Crippen molar-refractivity contribution in [3.8, 4) is 0 Å². The molecule has 1 aliphatic rings. The van der Waals surface area contributed by atoms with Crippen molar-refractivity contribution < 1.29 is 0 Å². The van der Waals surface area contributed by atoms with Crippen molar-refractivity contribution in [1.29, 1.82) is 0 Å². The van der Waals surface area contributed by atoms with Gasteiger partial charge >= 0.3 is 0 Å². The van der Waals surface area contributed by atoms with Gasteiger partial charge in [-0.1, -0.05) is 50.3 Å². The molecule has 0 saturated heterocycles. The van der Waals surface area contributed by atoms with Gasteiger partial charge in [0.15, 0.2) is 0 Å². The maximum atomic E-state index is 5.56. The van der Waals surface area contributed by atoms with Gasteiger partial charge in [0, 0.05) is 6.42 Å². The van der Waals surface area contributed by atoms with Crippen molar-refractivity contribution in [1.82, 2.24) is 5.43 Å². The zero-order valence-electron chi connectivity index (χ0n) is 10.9. The SMILES string of the molecule is NNC(CCC1CCCCC1)=Nc1ccccc1. The number of benzene rings is 1. The molecule has 0 amide bonds. The Hall–Kier alpha value is -1.35. The maximum Gasteiger partial charge on any atom is 0.116 e. The van der Waals surface area contributed by atoms with Crippen LogP contribution >= 0.6 is 0 Å². The van der Waals surface area contributed by atoms with E-state index >= 15 is 0 Å². The highest BCUT2D eigenvalue weighted by Crippen LogP contribution is 2.27. The van der Waals surface area contributed by atoms with Gasteiger partial charge in [0.25, 0.3) is 0 Å². The van der Waals surface area contributed by atoms with Crippen LogP contribution in [0.5, 0.6) is 0 Å². The van der Waals surface area contributed by atoms with Gasteiger partial charge in [-0.05, 0) is 24.5 Å². The average Bonchev–Trinajstić information content (AvgIpc) is 2.45. The number of para-hydroxylation sites is 1. The topological polar surface area (TPSA) is 50.4 Å². The predicted octanol–water partition coefficient (Wildman–Crippen LogP) is 3.54. The fraction of sp³-hybridized carbons (Fsp3) is 0.533. The lowest BCUT2D eigenvalue weighted by Crippen LogP contribution is -2.30. The molecule has 3 nitrogen and oxygen atoms in total. The Morgan fingerprint density at radius 1 is 1.17 bits per heavy atom. The second-order valence-electron chi connectivity index (χ2n) is 5.08. The van der Waals surface area contributed by atoms with Gasteiger partial charge in [-0.25, -0.2) is 10.8 Å². The van der Waals surface area contributed by atoms with E-state index in [9.17, 15) is 0 Å². The van der Waals surface area contributed by atoms with Gasteiger partial charge in [0.05, 0.1) is 5.69 Å².